The molecule has 2 aliphatic rings. The maximum atomic E-state index is 13.6. The van der Waals surface area contributed by atoms with Crippen LogP contribution in [-0.2, 0) is 22.7 Å². The van der Waals surface area contributed by atoms with Crippen molar-refractivity contribution in [3.8, 4) is 10.7 Å². The number of likely N-dealkylation sites (tertiary alicyclic amines) is 1. The van der Waals surface area contributed by atoms with E-state index in [1.807, 2.05) is 6.07 Å². The molecule has 2 aromatic heterocycles. The quantitative estimate of drug-likeness (QED) is 0.404. The van der Waals surface area contributed by atoms with Crippen LogP contribution in [0.4, 0.5) is 18.9 Å². The minimum atomic E-state index is -4.44. The summed E-state index contributed by atoms with van der Waals surface area (Å²) < 4.78 is 41.9. The number of anilines is 1. The van der Waals surface area contributed by atoms with Crippen LogP contribution in [-0.4, -0.2) is 69.0 Å². The van der Waals surface area contributed by atoms with Gasteiger partial charge in [-0.3, -0.25) is 9.59 Å². The zero-order chi connectivity index (χ0) is 26.3. The Kier molecular flexibility index (Phi) is 6.84. The van der Waals surface area contributed by atoms with E-state index in [9.17, 15) is 22.8 Å². The number of nitrogens with one attached hydrogen (secondary N) is 2. The highest BCUT2D eigenvalue weighted by atomic mass is 32.1. The number of rotatable bonds is 8. The lowest BCUT2D eigenvalue weighted by atomic mass is 10.0. The average Bonchev–Trinajstić information content (AvgIpc) is 3.39. The van der Waals surface area contributed by atoms with Gasteiger partial charge in [-0.2, -0.15) is 13.2 Å². The number of carbonyl (C=O) groups is 2. The minimum absolute atomic E-state index is 0.0295. The number of benzene rings is 1. The number of carboxylic acids is 1. The Bertz CT molecular complexity index is 1310. The number of piperidine rings is 1. The number of halogens is 3. The standard InChI is InChI=1S/C24H27F3N6O3S/c1-32-7-5-13(6-8-32)29-17-3-2-4-18-16(17)10-19(33(18)12-24(25,26)27)22-31-30-20(37-22)11-28-21(34)14-9-15(14)23(35)36/h2-4,10,13-15,29H,5-9,11-12H2,1H3,(H,28,34)(H,35,36)/t14-,15+/m1/s1. The number of aliphatic carboxylic acids is 1. The summed E-state index contributed by atoms with van der Waals surface area (Å²) in [7, 11) is 2.07. The Morgan fingerprint density at radius 2 is 1.95 bits per heavy atom. The Hall–Kier alpha value is -3.19. The van der Waals surface area contributed by atoms with E-state index in [1.54, 1.807) is 18.2 Å². The third-order valence-corrected chi connectivity index (χ3v) is 7.85. The van der Waals surface area contributed by atoms with Gasteiger partial charge >= 0.3 is 12.1 Å². The molecule has 0 radical (unpaired) electrons. The molecule has 3 aromatic rings. The highest BCUT2D eigenvalue weighted by Crippen LogP contribution is 2.39. The number of carbonyl (C=O) groups excluding carboxylic acids is 1. The summed E-state index contributed by atoms with van der Waals surface area (Å²) in [6.45, 7) is 0.765. The summed E-state index contributed by atoms with van der Waals surface area (Å²) in [4.78, 5) is 25.4. The van der Waals surface area contributed by atoms with Crippen molar-refractivity contribution in [3.05, 3.63) is 29.3 Å². The molecule has 1 aliphatic heterocycles. The fourth-order valence-corrected chi connectivity index (χ4v) is 5.59. The summed E-state index contributed by atoms with van der Waals surface area (Å²) in [6, 6.07) is 7.25. The third kappa shape index (κ3) is 5.72. The van der Waals surface area contributed by atoms with Gasteiger partial charge in [0.2, 0.25) is 5.91 Å². The van der Waals surface area contributed by atoms with Gasteiger partial charge in [0.25, 0.3) is 0 Å². The molecule has 1 aromatic carbocycles. The molecule has 9 nitrogen and oxygen atoms in total. The van der Waals surface area contributed by atoms with Gasteiger partial charge in [0, 0.05) is 17.1 Å². The molecule has 1 amide bonds. The molecular formula is C24H27F3N6O3S. The Labute approximate surface area is 214 Å². The number of hydrogen-bond acceptors (Lipinski definition) is 7. The van der Waals surface area contributed by atoms with E-state index in [0.29, 0.717) is 33.0 Å². The van der Waals surface area contributed by atoms with Crippen LogP contribution in [0.3, 0.4) is 0 Å². The molecule has 13 heteroatoms. The second-order valence-corrected chi connectivity index (χ2v) is 10.8. The largest absolute Gasteiger partial charge is 0.481 e. The van der Waals surface area contributed by atoms with E-state index in [2.05, 4.69) is 32.8 Å². The summed E-state index contributed by atoms with van der Waals surface area (Å²) in [5.74, 6) is -2.60. The van der Waals surface area contributed by atoms with E-state index in [1.165, 1.54) is 4.57 Å². The number of carboxylic acid groups (broad SMARTS) is 1. The second-order valence-electron chi connectivity index (χ2n) is 9.70. The highest BCUT2D eigenvalue weighted by molar-refractivity contribution is 7.14. The van der Waals surface area contributed by atoms with Gasteiger partial charge in [0.1, 0.15) is 11.6 Å². The molecule has 1 aliphatic carbocycles. The van der Waals surface area contributed by atoms with Gasteiger partial charge in [-0.25, -0.2) is 0 Å². The lowest BCUT2D eigenvalue weighted by Crippen LogP contribution is -2.36. The second kappa shape index (κ2) is 9.93. The van der Waals surface area contributed by atoms with Crippen molar-refractivity contribution in [1.29, 1.82) is 0 Å². The molecule has 2 fully saturated rings. The van der Waals surface area contributed by atoms with Crippen LogP contribution in [0.1, 0.15) is 24.3 Å². The first kappa shape index (κ1) is 25.5. The molecule has 5 rings (SSSR count). The first-order valence-electron chi connectivity index (χ1n) is 12.1. The van der Waals surface area contributed by atoms with E-state index < -0.39 is 30.5 Å². The molecular weight excluding hydrogens is 509 g/mol. The van der Waals surface area contributed by atoms with Crippen LogP contribution in [0.5, 0.6) is 0 Å². The van der Waals surface area contributed by atoms with E-state index in [-0.39, 0.29) is 18.5 Å². The number of fused-ring (bicyclic) bond motifs is 1. The zero-order valence-electron chi connectivity index (χ0n) is 20.1. The van der Waals surface area contributed by atoms with Gasteiger partial charge in [-0.05, 0) is 57.6 Å². The fourth-order valence-electron chi connectivity index (χ4n) is 4.79. The Morgan fingerprint density at radius 1 is 1.19 bits per heavy atom. The topological polar surface area (TPSA) is 112 Å². The lowest BCUT2D eigenvalue weighted by Gasteiger charge is -2.30. The van der Waals surface area contributed by atoms with Crippen LogP contribution >= 0.6 is 11.3 Å². The van der Waals surface area contributed by atoms with Crippen molar-refractivity contribution >= 4 is 39.8 Å². The minimum Gasteiger partial charge on any atom is -0.481 e. The van der Waals surface area contributed by atoms with Crippen LogP contribution in [0.25, 0.3) is 21.6 Å². The first-order valence-corrected chi connectivity index (χ1v) is 12.9. The van der Waals surface area contributed by atoms with Crippen molar-refractivity contribution in [2.24, 2.45) is 11.8 Å². The molecule has 3 N–H and O–H groups in total. The molecule has 198 valence electrons. The van der Waals surface area contributed by atoms with Crippen molar-refractivity contribution < 1.29 is 27.9 Å². The molecule has 3 heterocycles. The number of hydrogen-bond donors (Lipinski definition) is 3. The maximum absolute atomic E-state index is 13.6. The van der Waals surface area contributed by atoms with Crippen LogP contribution in [0.2, 0.25) is 0 Å². The first-order chi connectivity index (χ1) is 17.6. The Balaban J connectivity index is 1.39. The van der Waals surface area contributed by atoms with Gasteiger partial charge in [0.15, 0.2) is 5.01 Å². The van der Waals surface area contributed by atoms with Crippen LogP contribution < -0.4 is 10.6 Å². The molecule has 0 bridgehead atoms. The molecule has 37 heavy (non-hydrogen) atoms. The summed E-state index contributed by atoms with van der Waals surface area (Å²) in [6.07, 6.45) is -2.25. The van der Waals surface area contributed by atoms with Crippen molar-refractivity contribution in [1.82, 2.24) is 25.0 Å². The molecule has 1 saturated carbocycles. The average molecular weight is 537 g/mol. The lowest BCUT2D eigenvalue weighted by molar-refractivity contribution is -0.140. The van der Waals surface area contributed by atoms with Crippen LogP contribution in [0.15, 0.2) is 24.3 Å². The summed E-state index contributed by atoms with van der Waals surface area (Å²) in [5, 5.41) is 24.7. The SMILES string of the molecule is CN1CCC(Nc2cccc3c2cc(-c2nnc(CNC(=O)[C@@H]4C[C@@H]4C(=O)O)s2)n3CC(F)(F)F)CC1. The van der Waals surface area contributed by atoms with Crippen molar-refractivity contribution in [3.63, 3.8) is 0 Å². The van der Waals surface area contributed by atoms with Gasteiger partial charge in [-0.15, -0.1) is 10.2 Å². The van der Waals surface area contributed by atoms with Crippen LogP contribution in [0, 0.1) is 11.8 Å². The zero-order valence-corrected chi connectivity index (χ0v) is 20.9. The van der Waals surface area contributed by atoms with Crippen molar-refractivity contribution in [2.75, 3.05) is 25.5 Å². The van der Waals surface area contributed by atoms with Crippen molar-refractivity contribution in [2.45, 2.75) is 44.6 Å². The molecule has 0 unspecified atom stereocenters. The normalized spacial score (nSPS) is 20.8. The number of aromatic nitrogens is 3. The van der Waals surface area contributed by atoms with E-state index >= 15 is 0 Å². The Morgan fingerprint density at radius 3 is 2.62 bits per heavy atom. The monoisotopic (exact) mass is 536 g/mol. The van der Waals surface area contributed by atoms with Gasteiger partial charge in [-0.1, -0.05) is 17.4 Å². The highest BCUT2D eigenvalue weighted by Gasteiger charge is 2.48. The van der Waals surface area contributed by atoms with E-state index in [0.717, 1.165) is 43.0 Å². The van der Waals surface area contributed by atoms with Gasteiger partial charge < -0.3 is 25.2 Å². The molecule has 2 atom stereocenters. The smallest absolute Gasteiger partial charge is 0.406 e. The summed E-state index contributed by atoms with van der Waals surface area (Å²) in [5.41, 5.74) is 1.53. The molecule has 1 saturated heterocycles. The maximum Gasteiger partial charge on any atom is 0.406 e. The predicted molar refractivity (Wildman–Crippen MR) is 132 cm³/mol. The fraction of sp³-hybridized carbons (Fsp3) is 0.500. The molecule has 0 spiro atoms. The summed E-state index contributed by atoms with van der Waals surface area (Å²) >= 11 is 1.10. The van der Waals surface area contributed by atoms with E-state index in [4.69, 9.17) is 5.11 Å². The predicted octanol–water partition coefficient (Wildman–Crippen LogP) is 3.57. The third-order valence-electron chi connectivity index (χ3n) is 6.91. The number of alkyl halides is 3. The number of nitrogens with zero attached hydrogens (tertiary/aromatic N) is 4. The van der Waals surface area contributed by atoms with Gasteiger partial charge in [0.05, 0.1) is 29.6 Å². The number of amides is 1.